The van der Waals surface area contributed by atoms with Gasteiger partial charge < -0.3 is 16.2 Å². The normalized spacial score (nSPS) is 12.6. The standard InChI is InChI=1S/C24H19ClF2N6O2/c1-12(34)6-7-17-21(28)29-11-30-22(17)31-13(2)23-32-19-5-3-4-18(25)20(19)24(35)33(23)16-9-14(26)8-15(27)10-16/h3-5,8-13,34H,1-2H3,(H3,28,29,30,31)/t12-,13+/m1/s1. The number of aromatic nitrogens is 4. The summed E-state index contributed by atoms with van der Waals surface area (Å²) in [5.41, 5.74) is 5.81. The molecule has 35 heavy (non-hydrogen) atoms. The zero-order chi connectivity index (χ0) is 25.3. The summed E-state index contributed by atoms with van der Waals surface area (Å²) in [4.78, 5) is 26.2. The van der Waals surface area contributed by atoms with Gasteiger partial charge in [0.05, 0.1) is 27.7 Å². The van der Waals surface area contributed by atoms with Crippen molar-refractivity contribution in [3.63, 3.8) is 0 Å². The average molecular weight is 497 g/mol. The molecule has 11 heteroatoms. The molecule has 4 N–H and O–H groups in total. The number of fused-ring (bicyclic) bond motifs is 1. The fourth-order valence-electron chi connectivity index (χ4n) is 3.49. The van der Waals surface area contributed by atoms with Gasteiger partial charge in [-0.2, -0.15) is 0 Å². The molecule has 0 aliphatic heterocycles. The Labute approximate surface area is 203 Å². The van der Waals surface area contributed by atoms with Crippen molar-refractivity contribution >= 4 is 34.1 Å². The van der Waals surface area contributed by atoms with E-state index in [2.05, 4.69) is 32.1 Å². The van der Waals surface area contributed by atoms with E-state index in [1.54, 1.807) is 19.1 Å². The minimum atomic E-state index is -0.917. The van der Waals surface area contributed by atoms with Crippen LogP contribution in [0.3, 0.4) is 0 Å². The van der Waals surface area contributed by atoms with E-state index in [1.165, 1.54) is 19.3 Å². The van der Waals surface area contributed by atoms with Crippen LogP contribution in [0.4, 0.5) is 20.4 Å². The van der Waals surface area contributed by atoms with E-state index in [1.807, 2.05) is 0 Å². The van der Waals surface area contributed by atoms with Crippen LogP contribution in [0.5, 0.6) is 0 Å². The number of benzene rings is 2. The van der Waals surface area contributed by atoms with Gasteiger partial charge in [-0.1, -0.05) is 29.5 Å². The maximum atomic E-state index is 14.1. The number of nitrogens with zero attached hydrogens (tertiary/aromatic N) is 4. The van der Waals surface area contributed by atoms with E-state index in [0.717, 1.165) is 16.7 Å². The Morgan fingerprint density at radius 3 is 2.57 bits per heavy atom. The molecule has 0 saturated heterocycles. The topological polar surface area (TPSA) is 119 Å². The van der Waals surface area contributed by atoms with Gasteiger partial charge in [0.2, 0.25) is 0 Å². The highest BCUT2D eigenvalue weighted by molar-refractivity contribution is 6.35. The van der Waals surface area contributed by atoms with Gasteiger partial charge in [0, 0.05) is 6.07 Å². The van der Waals surface area contributed by atoms with Crippen LogP contribution in [0.25, 0.3) is 16.6 Å². The number of aliphatic hydroxyl groups is 1. The molecule has 178 valence electrons. The van der Waals surface area contributed by atoms with Crippen LogP contribution in [0, 0.1) is 23.5 Å². The zero-order valence-electron chi connectivity index (χ0n) is 18.6. The molecule has 0 aliphatic carbocycles. The maximum Gasteiger partial charge on any atom is 0.267 e. The molecule has 0 radical (unpaired) electrons. The van der Waals surface area contributed by atoms with Crippen LogP contribution >= 0.6 is 11.6 Å². The van der Waals surface area contributed by atoms with Crippen molar-refractivity contribution in [2.45, 2.75) is 26.0 Å². The summed E-state index contributed by atoms with van der Waals surface area (Å²) in [6.07, 6.45) is 0.306. The van der Waals surface area contributed by atoms with Gasteiger partial charge in [0.1, 0.15) is 47.1 Å². The molecule has 0 unspecified atom stereocenters. The Morgan fingerprint density at radius 1 is 1.17 bits per heavy atom. The molecule has 0 saturated carbocycles. The van der Waals surface area contributed by atoms with E-state index >= 15 is 0 Å². The summed E-state index contributed by atoms with van der Waals surface area (Å²) in [7, 11) is 0. The predicted octanol–water partition coefficient (Wildman–Crippen LogP) is 3.59. The Balaban J connectivity index is 1.92. The molecule has 2 atom stereocenters. The van der Waals surface area contributed by atoms with Crippen molar-refractivity contribution in [3.05, 3.63) is 81.1 Å². The number of anilines is 2. The van der Waals surface area contributed by atoms with Gasteiger partial charge in [-0.25, -0.2) is 23.7 Å². The molecule has 0 bridgehead atoms. The van der Waals surface area contributed by atoms with E-state index in [4.69, 9.17) is 17.3 Å². The number of halogens is 3. The minimum Gasteiger partial charge on any atom is -0.382 e. The molecule has 2 aromatic heterocycles. The Morgan fingerprint density at radius 2 is 1.89 bits per heavy atom. The number of nitrogens with one attached hydrogen (secondary N) is 1. The second-order valence-corrected chi connectivity index (χ2v) is 8.07. The lowest BCUT2D eigenvalue weighted by molar-refractivity contribution is 0.253. The Hall–Kier alpha value is -4.07. The van der Waals surface area contributed by atoms with Crippen molar-refractivity contribution in [2.24, 2.45) is 0 Å². The summed E-state index contributed by atoms with van der Waals surface area (Å²) in [6, 6.07) is 6.78. The van der Waals surface area contributed by atoms with Crippen molar-refractivity contribution in [2.75, 3.05) is 11.1 Å². The smallest absolute Gasteiger partial charge is 0.267 e. The van der Waals surface area contributed by atoms with Gasteiger partial charge >= 0.3 is 0 Å². The number of hydrogen-bond acceptors (Lipinski definition) is 7. The highest BCUT2D eigenvalue weighted by Crippen LogP contribution is 2.26. The number of nitrogens with two attached hydrogens (primary N) is 1. The molecule has 8 nitrogen and oxygen atoms in total. The molecule has 0 spiro atoms. The summed E-state index contributed by atoms with van der Waals surface area (Å²) < 4.78 is 29.3. The Bertz CT molecular complexity index is 1540. The second-order valence-electron chi connectivity index (χ2n) is 7.67. The summed E-state index contributed by atoms with van der Waals surface area (Å²) in [6.45, 7) is 3.16. The van der Waals surface area contributed by atoms with Gasteiger partial charge in [0.25, 0.3) is 5.56 Å². The first kappa shape index (κ1) is 24.1. The van der Waals surface area contributed by atoms with Crippen molar-refractivity contribution in [1.29, 1.82) is 0 Å². The quantitative estimate of drug-likeness (QED) is 0.369. The lowest BCUT2D eigenvalue weighted by Crippen LogP contribution is -2.28. The third-order valence-electron chi connectivity index (χ3n) is 5.00. The molecule has 4 aromatic rings. The molecule has 0 aliphatic rings. The van der Waals surface area contributed by atoms with Gasteiger partial charge in [-0.15, -0.1) is 0 Å². The Kier molecular flexibility index (Phi) is 6.64. The largest absolute Gasteiger partial charge is 0.382 e. The number of hydrogen-bond donors (Lipinski definition) is 3. The fraction of sp³-hybridized carbons (Fsp3) is 0.167. The molecule has 2 heterocycles. The van der Waals surface area contributed by atoms with Crippen molar-refractivity contribution in [3.8, 4) is 17.5 Å². The monoisotopic (exact) mass is 496 g/mol. The van der Waals surface area contributed by atoms with Crippen LogP contribution in [0.2, 0.25) is 5.02 Å². The molecule has 0 amide bonds. The van der Waals surface area contributed by atoms with E-state index < -0.39 is 29.3 Å². The molecule has 4 rings (SSSR count). The lowest BCUT2D eigenvalue weighted by atomic mass is 10.2. The first-order valence-electron chi connectivity index (χ1n) is 10.4. The van der Waals surface area contributed by atoms with Crippen LogP contribution in [0.1, 0.15) is 31.3 Å². The van der Waals surface area contributed by atoms with Crippen molar-refractivity contribution < 1.29 is 13.9 Å². The second kappa shape index (κ2) is 9.66. The predicted molar refractivity (Wildman–Crippen MR) is 129 cm³/mol. The van der Waals surface area contributed by atoms with Gasteiger partial charge in [0.15, 0.2) is 0 Å². The number of nitrogen functional groups attached to an aromatic ring is 1. The van der Waals surface area contributed by atoms with Crippen LogP contribution in [-0.4, -0.2) is 30.7 Å². The highest BCUT2D eigenvalue weighted by atomic mass is 35.5. The third kappa shape index (κ3) is 4.91. The summed E-state index contributed by atoms with van der Waals surface area (Å²) in [5, 5.41) is 12.9. The number of rotatable bonds is 4. The maximum absolute atomic E-state index is 14.1. The fourth-order valence-corrected chi connectivity index (χ4v) is 3.74. The third-order valence-corrected chi connectivity index (χ3v) is 5.32. The first-order chi connectivity index (χ1) is 16.7. The minimum absolute atomic E-state index is 0.0678. The average Bonchev–Trinajstić information content (AvgIpc) is 2.77. The van der Waals surface area contributed by atoms with E-state index in [9.17, 15) is 18.7 Å². The van der Waals surface area contributed by atoms with Crippen LogP contribution in [-0.2, 0) is 0 Å². The van der Waals surface area contributed by atoms with E-state index in [-0.39, 0.29) is 39.1 Å². The van der Waals surface area contributed by atoms with Crippen molar-refractivity contribution in [1.82, 2.24) is 19.5 Å². The van der Waals surface area contributed by atoms with E-state index in [0.29, 0.717) is 11.6 Å². The SMILES string of the molecule is C[C@H](Nc1ncnc(N)c1C#C[C@@H](C)O)c1nc2cccc(Cl)c2c(=O)n1-c1cc(F)cc(F)c1. The number of aliphatic hydroxyl groups excluding tert-OH is 1. The highest BCUT2D eigenvalue weighted by Gasteiger charge is 2.21. The lowest BCUT2D eigenvalue weighted by Gasteiger charge is -2.21. The van der Waals surface area contributed by atoms with Crippen LogP contribution in [0.15, 0.2) is 47.5 Å². The molecular formula is C24H19ClF2N6O2. The first-order valence-corrected chi connectivity index (χ1v) is 10.8. The summed E-state index contributed by atoms with van der Waals surface area (Å²) in [5.74, 6) is 4.00. The molecular weight excluding hydrogens is 478 g/mol. The van der Waals surface area contributed by atoms with Gasteiger partial charge in [-0.3, -0.25) is 9.36 Å². The molecule has 2 aromatic carbocycles. The van der Waals surface area contributed by atoms with Gasteiger partial charge in [-0.05, 0) is 38.1 Å². The molecule has 0 fully saturated rings. The van der Waals surface area contributed by atoms with Crippen LogP contribution < -0.4 is 16.6 Å². The zero-order valence-corrected chi connectivity index (χ0v) is 19.3. The summed E-state index contributed by atoms with van der Waals surface area (Å²) >= 11 is 6.26.